The first-order valence-electron chi connectivity index (χ1n) is 16.8. The van der Waals surface area contributed by atoms with Gasteiger partial charge in [-0.05, 0) is 23.7 Å². The van der Waals surface area contributed by atoms with Gasteiger partial charge >= 0.3 is 21.7 Å². The molecule has 0 amide bonds. The Morgan fingerprint density at radius 1 is 0.447 bits per heavy atom. The first kappa shape index (κ1) is 39.6. The number of hydrogen-bond acceptors (Lipinski definition) is 0. The topological polar surface area (TPSA) is 28.2 Å². The van der Waals surface area contributed by atoms with Crippen LogP contribution in [-0.2, 0) is 21.7 Å². The molecule has 4 rings (SSSR count). The van der Waals surface area contributed by atoms with Gasteiger partial charge in [0, 0.05) is 0 Å². The number of allylic oxidation sites excluding steroid dienone is 2. The summed E-state index contributed by atoms with van der Waals surface area (Å²) in [6.07, 6.45) is 8.30. The molecule has 0 spiro atoms. The molecule has 0 atom stereocenters. The minimum Gasteiger partial charge on any atom is -0.707 e. The summed E-state index contributed by atoms with van der Waals surface area (Å²) in [6, 6.07) is 33.8. The second-order valence-corrected chi connectivity index (χ2v) is 13.3. The zero-order chi connectivity index (χ0) is 33.6. The third-order valence-electron chi connectivity index (χ3n) is 7.87. The third kappa shape index (κ3) is 12.5. The van der Waals surface area contributed by atoms with Crippen molar-refractivity contribution in [2.75, 3.05) is 0 Å². The van der Waals surface area contributed by atoms with Gasteiger partial charge in [-0.3, -0.25) is 12.4 Å². The van der Waals surface area contributed by atoms with Crippen LogP contribution in [0.1, 0.15) is 126 Å². The molecule has 3 heteroatoms. The molecular formula is C44H54N2Ti. The van der Waals surface area contributed by atoms with Crippen LogP contribution >= 0.6 is 0 Å². The maximum absolute atomic E-state index is 4.85. The summed E-state index contributed by atoms with van der Waals surface area (Å²) < 4.78 is 0. The van der Waals surface area contributed by atoms with Crippen molar-refractivity contribution in [2.45, 2.75) is 92.9 Å². The van der Waals surface area contributed by atoms with Crippen molar-refractivity contribution < 1.29 is 21.7 Å². The van der Waals surface area contributed by atoms with Crippen LogP contribution in [0.2, 0.25) is 0 Å². The van der Waals surface area contributed by atoms with E-state index in [4.69, 9.17) is 10.6 Å². The van der Waals surface area contributed by atoms with Crippen molar-refractivity contribution in [1.82, 2.24) is 0 Å². The first-order valence-corrected chi connectivity index (χ1v) is 16.8. The summed E-state index contributed by atoms with van der Waals surface area (Å²) in [7, 11) is 0. The zero-order valence-electron chi connectivity index (χ0n) is 30.3. The molecule has 0 bridgehead atoms. The predicted octanol–water partition coefficient (Wildman–Crippen LogP) is 14.2. The Morgan fingerprint density at radius 2 is 0.723 bits per heavy atom. The van der Waals surface area contributed by atoms with Gasteiger partial charge in [0.2, 0.25) is 0 Å². The molecule has 2 nitrogen and oxygen atoms in total. The van der Waals surface area contributed by atoms with Crippen LogP contribution in [0.4, 0.5) is 11.4 Å². The van der Waals surface area contributed by atoms with Crippen LogP contribution in [0, 0.1) is 12.8 Å². The number of nitrogens with zero attached hydrogens (tertiary/aromatic N) is 2. The molecular weight excluding hydrogens is 604 g/mol. The minimum absolute atomic E-state index is 0. The Hall–Kier alpha value is -3.59. The summed E-state index contributed by atoms with van der Waals surface area (Å²) in [4.78, 5) is 0. The standard InChI is InChI=1S/2C22H27N.Ti/c2*1-16(2)20-12-9-13-21(17(3)4)22(20)23-15-18(5)14-19-10-7-6-8-11-19;/h2*6-17H,1-5H3;/q2*-2;+4. The van der Waals surface area contributed by atoms with Gasteiger partial charge in [-0.2, -0.15) is 11.1 Å². The summed E-state index contributed by atoms with van der Waals surface area (Å²) >= 11 is 0. The van der Waals surface area contributed by atoms with Gasteiger partial charge < -0.3 is 10.6 Å². The number of hydrogen-bond donors (Lipinski definition) is 0. The second-order valence-electron chi connectivity index (χ2n) is 13.3. The van der Waals surface area contributed by atoms with Crippen molar-refractivity contribution in [1.29, 1.82) is 0 Å². The molecule has 0 saturated carbocycles. The molecule has 0 aliphatic carbocycles. The fourth-order valence-corrected chi connectivity index (χ4v) is 5.35. The van der Waals surface area contributed by atoms with Gasteiger partial charge in [0.1, 0.15) is 0 Å². The smallest absolute Gasteiger partial charge is 0.707 e. The maximum atomic E-state index is 4.85. The van der Waals surface area contributed by atoms with Crippen LogP contribution in [0.5, 0.6) is 0 Å². The minimum atomic E-state index is 0. The molecule has 0 aliphatic heterocycles. The van der Waals surface area contributed by atoms with Crippen LogP contribution < -0.4 is 0 Å². The average Bonchev–Trinajstić information content (AvgIpc) is 3.03. The Bertz CT molecular complexity index is 1380. The molecule has 0 aliphatic rings. The fourth-order valence-electron chi connectivity index (χ4n) is 5.35. The molecule has 0 saturated heterocycles. The molecule has 0 fully saturated rings. The molecule has 0 heterocycles. The van der Waals surface area contributed by atoms with Gasteiger partial charge in [0.05, 0.1) is 0 Å². The maximum Gasteiger partial charge on any atom is 4.00 e. The van der Waals surface area contributed by atoms with E-state index in [1.54, 1.807) is 0 Å². The average molecular weight is 659 g/mol. The van der Waals surface area contributed by atoms with Gasteiger partial charge in [-0.25, -0.2) is 0 Å². The zero-order valence-corrected chi connectivity index (χ0v) is 31.8. The first-order chi connectivity index (χ1) is 22.0. The van der Waals surface area contributed by atoms with Crippen molar-refractivity contribution in [3.63, 3.8) is 0 Å². The molecule has 47 heavy (non-hydrogen) atoms. The van der Waals surface area contributed by atoms with E-state index in [0.29, 0.717) is 23.7 Å². The van der Waals surface area contributed by atoms with Crippen molar-refractivity contribution >= 4 is 11.4 Å². The van der Waals surface area contributed by atoms with Crippen molar-refractivity contribution in [3.05, 3.63) is 177 Å². The predicted molar refractivity (Wildman–Crippen MR) is 202 cm³/mol. The molecule has 4 aromatic carbocycles. The van der Waals surface area contributed by atoms with Crippen LogP contribution in [0.25, 0.3) is 10.6 Å². The Morgan fingerprint density at radius 3 is 0.979 bits per heavy atom. The Balaban J connectivity index is 0.000000320. The van der Waals surface area contributed by atoms with Crippen LogP contribution in [0.15, 0.2) is 121 Å². The van der Waals surface area contributed by atoms with Gasteiger partial charge in [0.15, 0.2) is 0 Å². The number of rotatable bonds is 12. The SMILES string of the molecule is CC(=C[N-]c1c(C(C)C)cccc1C(C)C)[CH-]c1ccccc1.CC(=C[N-]c1c(C(C)C)cccc1C(C)C)[CH-]c1ccccc1.[Ti+4]. The number of para-hydroxylation sites is 2. The van der Waals surface area contributed by atoms with E-state index in [-0.39, 0.29) is 21.7 Å². The molecule has 4 aromatic rings. The Kier molecular flexibility index (Phi) is 16.8. The van der Waals surface area contributed by atoms with Crippen molar-refractivity contribution in [3.8, 4) is 0 Å². The van der Waals surface area contributed by atoms with Crippen LogP contribution in [-0.4, -0.2) is 0 Å². The van der Waals surface area contributed by atoms with Crippen LogP contribution in [0.3, 0.4) is 0 Å². The second kappa shape index (κ2) is 19.9. The van der Waals surface area contributed by atoms with Gasteiger partial charge in [-0.1, -0.05) is 140 Å². The van der Waals surface area contributed by atoms with E-state index < -0.39 is 0 Å². The van der Waals surface area contributed by atoms with E-state index in [9.17, 15) is 0 Å². The summed E-state index contributed by atoms with van der Waals surface area (Å²) in [5.74, 6) is 1.89. The summed E-state index contributed by atoms with van der Waals surface area (Å²) in [5, 5.41) is 9.70. The molecule has 0 N–H and O–H groups in total. The van der Waals surface area contributed by atoms with Gasteiger partial charge in [-0.15, -0.1) is 83.9 Å². The van der Waals surface area contributed by atoms with E-state index in [1.807, 2.05) is 24.5 Å². The summed E-state index contributed by atoms with van der Waals surface area (Å²) in [6.45, 7) is 22.0. The Labute approximate surface area is 302 Å². The molecule has 0 radical (unpaired) electrons. The van der Waals surface area contributed by atoms with Gasteiger partial charge in [0.25, 0.3) is 0 Å². The molecule has 0 unspecified atom stereocenters. The summed E-state index contributed by atoms with van der Waals surface area (Å²) in [5.41, 5.74) is 12.3. The van der Waals surface area contributed by atoms with E-state index in [2.05, 4.69) is 167 Å². The monoisotopic (exact) mass is 658 g/mol. The van der Waals surface area contributed by atoms with Crippen molar-refractivity contribution in [2.24, 2.45) is 0 Å². The number of benzene rings is 4. The van der Waals surface area contributed by atoms with E-state index >= 15 is 0 Å². The normalized spacial score (nSPS) is 11.6. The largest absolute Gasteiger partial charge is 4.00 e. The van der Waals surface area contributed by atoms with E-state index in [1.165, 1.54) is 33.4 Å². The molecule has 244 valence electrons. The third-order valence-corrected chi connectivity index (χ3v) is 7.87. The quantitative estimate of drug-likeness (QED) is 0.107. The van der Waals surface area contributed by atoms with E-state index in [0.717, 1.165) is 22.5 Å². The molecule has 0 aromatic heterocycles. The fraction of sp³-hybridized carbons (Fsp3) is 0.318.